The quantitative estimate of drug-likeness (QED) is 0.371. The number of morpholine rings is 1. The van der Waals surface area contributed by atoms with Crippen LogP contribution in [0.5, 0.6) is 0 Å². The van der Waals surface area contributed by atoms with Gasteiger partial charge in [0.25, 0.3) is 5.56 Å². The molecule has 0 spiro atoms. The molecule has 0 radical (unpaired) electrons. The van der Waals surface area contributed by atoms with Crippen molar-refractivity contribution in [3.05, 3.63) is 64.4 Å². The molecule has 7 nitrogen and oxygen atoms in total. The number of para-hydroxylation sites is 2. The Labute approximate surface area is 210 Å². The number of nitrogens with zero attached hydrogens (tertiary/aromatic N) is 4. The Hall–Kier alpha value is -2.68. The summed E-state index contributed by atoms with van der Waals surface area (Å²) in [6.45, 7) is 7.50. The number of anilines is 1. The van der Waals surface area contributed by atoms with Crippen LogP contribution < -0.4 is 10.5 Å². The maximum Gasteiger partial charge on any atom is 0.262 e. The van der Waals surface area contributed by atoms with Gasteiger partial charge in [0.15, 0.2) is 5.16 Å². The number of fused-ring (bicyclic) bond motifs is 2. The zero-order valence-electron chi connectivity index (χ0n) is 20.2. The molecule has 0 bridgehead atoms. The Kier molecular flexibility index (Phi) is 7.51. The Morgan fingerprint density at radius 2 is 1.83 bits per heavy atom. The normalized spacial score (nSPS) is 17.3. The average Bonchev–Trinajstić information content (AvgIpc) is 2.90. The smallest absolute Gasteiger partial charge is 0.262 e. The van der Waals surface area contributed by atoms with Crippen LogP contribution >= 0.6 is 11.8 Å². The number of hydrogen-bond donors (Lipinski definition) is 0. The van der Waals surface area contributed by atoms with Crippen LogP contribution in [0.3, 0.4) is 0 Å². The fraction of sp³-hybridized carbons (Fsp3) is 0.444. The van der Waals surface area contributed by atoms with Crippen LogP contribution in [-0.2, 0) is 22.5 Å². The molecule has 1 aromatic heterocycles. The molecule has 2 aromatic carbocycles. The number of thioether (sulfide) groups is 1. The lowest BCUT2D eigenvalue weighted by Crippen LogP contribution is -2.40. The molecule has 0 aliphatic carbocycles. The summed E-state index contributed by atoms with van der Waals surface area (Å²) in [5, 5.41) is 0.869. The monoisotopic (exact) mass is 492 g/mol. The first-order valence-electron chi connectivity index (χ1n) is 12.5. The van der Waals surface area contributed by atoms with E-state index in [9.17, 15) is 9.59 Å². The number of amides is 1. The first-order chi connectivity index (χ1) is 17.1. The van der Waals surface area contributed by atoms with Crippen LogP contribution in [0.15, 0.2) is 58.5 Å². The lowest BCUT2D eigenvalue weighted by molar-refractivity contribution is -0.117. The fourth-order valence-corrected chi connectivity index (χ4v) is 5.90. The van der Waals surface area contributed by atoms with E-state index in [1.54, 1.807) is 4.57 Å². The van der Waals surface area contributed by atoms with Gasteiger partial charge in [0, 0.05) is 38.4 Å². The van der Waals surface area contributed by atoms with Crippen LogP contribution in [0.1, 0.15) is 25.3 Å². The van der Waals surface area contributed by atoms with Gasteiger partial charge in [-0.1, -0.05) is 42.1 Å². The van der Waals surface area contributed by atoms with Crippen molar-refractivity contribution in [2.75, 3.05) is 44.3 Å². The van der Waals surface area contributed by atoms with Gasteiger partial charge in [0.2, 0.25) is 5.91 Å². The minimum atomic E-state index is -0.361. The third-order valence-electron chi connectivity index (χ3n) is 6.79. The molecule has 1 saturated heterocycles. The van der Waals surface area contributed by atoms with Gasteiger partial charge in [0.1, 0.15) is 0 Å². The molecule has 2 aliphatic rings. The maximum atomic E-state index is 13.5. The van der Waals surface area contributed by atoms with Crippen molar-refractivity contribution in [3.8, 4) is 0 Å². The third kappa shape index (κ3) is 5.29. The topological polar surface area (TPSA) is 67.7 Å². The number of carbonyl (C=O) groups is 1. The number of hydrogen-bond acceptors (Lipinski definition) is 6. The van der Waals surface area contributed by atoms with Crippen molar-refractivity contribution in [1.82, 2.24) is 14.5 Å². The minimum Gasteiger partial charge on any atom is -0.379 e. The van der Waals surface area contributed by atoms with Gasteiger partial charge >= 0.3 is 0 Å². The molecule has 8 heteroatoms. The summed E-state index contributed by atoms with van der Waals surface area (Å²) < 4.78 is 7.21. The zero-order chi connectivity index (χ0) is 24.2. The Bertz CT molecular complexity index is 1250. The van der Waals surface area contributed by atoms with E-state index in [1.165, 1.54) is 17.3 Å². The van der Waals surface area contributed by atoms with E-state index in [1.807, 2.05) is 54.3 Å². The maximum absolute atomic E-state index is 13.5. The molecule has 5 rings (SSSR count). The Morgan fingerprint density at radius 3 is 2.69 bits per heavy atom. The summed E-state index contributed by atoms with van der Waals surface area (Å²) in [4.78, 5) is 36.1. The molecule has 1 fully saturated rings. The van der Waals surface area contributed by atoms with Crippen molar-refractivity contribution >= 4 is 34.3 Å². The summed E-state index contributed by atoms with van der Waals surface area (Å²) >= 11 is 1.39. The van der Waals surface area contributed by atoms with Crippen molar-refractivity contribution in [3.63, 3.8) is 0 Å². The number of aryl methyl sites for hydroxylation is 1. The Morgan fingerprint density at radius 1 is 1.06 bits per heavy atom. The van der Waals surface area contributed by atoms with Crippen LogP contribution in [0.4, 0.5) is 5.69 Å². The lowest BCUT2D eigenvalue weighted by atomic mass is 10.0. The summed E-state index contributed by atoms with van der Waals surface area (Å²) in [6.07, 6.45) is 2.80. The zero-order valence-corrected chi connectivity index (χ0v) is 21.0. The second kappa shape index (κ2) is 10.9. The number of ether oxygens (including phenoxy) is 1. The van der Waals surface area contributed by atoms with Crippen LogP contribution in [0.2, 0.25) is 0 Å². The highest BCUT2D eigenvalue weighted by Crippen LogP contribution is 2.30. The SMILES string of the molecule is CC(Sc1nc2ccccc2c(=O)n1CCCN1CCOCC1)C(=O)N1CCCc2ccccc21. The van der Waals surface area contributed by atoms with E-state index in [0.29, 0.717) is 22.6 Å². The molecule has 0 N–H and O–H groups in total. The largest absolute Gasteiger partial charge is 0.379 e. The summed E-state index contributed by atoms with van der Waals surface area (Å²) in [5.41, 5.74) is 2.86. The predicted octanol–water partition coefficient (Wildman–Crippen LogP) is 3.58. The highest BCUT2D eigenvalue weighted by atomic mass is 32.2. The number of carbonyl (C=O) groups excluding carboxylic acids is 1. The van der Waals surface area contributed by atoms with Crippen LogP contribution in [0.25, 0.3) is 10.9 Å². The van der Waals surface area contributed by atoms with E-state index in [4.69, 9.17) is 9.72 Å². The molecule has 1 unspecified atom stereocenters. The van der Waals surface area contributed by atoms with E-state index in [0.717, 1.165) is 64.3 Å². The second-order valence-corrected chi connectivity index (χ2v) is 10.5. The standard InChI is InChI=1S/C27H32N4O3S/c1-20(25(32)30-14-6-9-21-8-2-5-12-24(21)30)35-27-28-23-11-4-3-10-22(23)26(33)31(27)15-7-13-29-16-18-34-19-17-29/h2-5,8,10-12,20H,6-7,9,13-19H2,1H3. The summed E-state index contributed by atoms with van der Waals surface area (Å²) in [6, 6.07) is 15.6. The van der Waals surface area contributed by atoms with Gasteiger partial charge in [-0.15, -0.1) is 0 Å². The first-order valence-corrected chi connectivity index (χ1v) is 13.4. The van der Waals surface area contributed by atoms with Crippen LogP contribution in [-0.4, -0.2) is 65.0 Å². The van der Waals surface area contributed by atoms with E-state index < -0.39 is 0 Å². The van der Waals surface area contributed by atoms with Crippen molar-refractivity contribution in [1.29, 1.82) is 0 Å². The molecular weight excluding hydrogens is 460 g/mol. The van der Waals surface area contributed by atoms with Crippen molar-refractivity contribution < 1.29 is 9.53 Å². The van der Waals surface area contributed by atoms with E-state index in [-0.39, 0.29) is 16.7 Å². The first kappa shape index (κ1) is 24.0. The Balaban J connectivity index is 1.38. The molecule has 1 amide bonds. The third-order valence-corrected chi connectivity index (χ3v) is 7.87. The van der Waals surface area contributed by atoms with Crippen molar-refractivity contribution in [2.45, 2.75) is 43.1 Å². The highest BCUT2D eigenvalue weighted by molar-refractivity contribution is 8.00. The lowest BCUT2D eigenvalue weighted by Gasteiger charge is -2.31. The summed E-state index contributed by atoms with van der Waals surface area (Å²) in [5.74, 6) is 0.0597. The minimum absolute atomic E-state index is 0.0388. The van der Waals surface area contributed by atoms with Gasteiger partial charge in [0.05, 0.1) is 29.4 Å². The van der Waals surface area contributed by atoms with Gasteiger partial charge in [-0.2, -0.15) is 0 Å². The highest BCUT2D eigenvalue weighted by Gasteiger charge is 2.28. The second-order valence-electron chi connectivity index (χ2n) is 9.16. The molecule has 3 aromatic rings. The van der Waals surface area contributed by atoms with Gasteiger partial charge < -0.3 is 9.64 Å². The predicted molar refractivity (Wildman–Crippen MR) is 140 cm³/mol. The molecule has 0 saturated carbocycles. The van der Waals surface area contributed by atoms with Gasteiger partial charge in [-0.05, 0) is 49.9 Å². The number of aromatic nitrogens is 2. The van der Waals surface area contributed by atoms with Crippen LogP contribution in [0, 0.1) is 0 Å². The fourth-order valence-electron chi connectivity index (χ4n) is 4.90. The average molecular weight is 493 g/mol. The van der Waals surface area contributed by atoms with Crippen molar-refractivity contribution in [2.24, 2.45) is 0 Å². The summed E-state index contributed by atoms with van der Waals surface area (Å²) in [7, 11) is 0. The van der Waals surface area contributed by atoms with Gasteiger partial charge in [-0.3, -0.25) is 19.1 Å². The molecule has 2 aliphatic heterocycles. The number of benzene rings is 2. The van der Waals surface area contributed by atoms with E-state index in [2.05, 4.69) is 11.0 Å². The van der Waals surface area contributed by atoms with Gasteiger partial charge in [-0.25, -0.2) is 4.98 Å². The number of rotatable bonds is 7. The molecule has 3 heterocycles. The molecule has 1 atom stereocenters. The van der Waals surface area contributed by atoms with E-state index >= 15 is 0 Å². The molecular formula is C27H32N4O3S. The molecule has 35 heavy (non-hydrogen) atoms. The molecule has 184 valence electrons.